The Hall–Kier alpha value is -2.19. The number of carbonyl (C=O) groups excluding carboxylic acids is 1. The molecule has 3 aromatic rings. The van der Waals surface area contributed by atoms with Crippen molar-refractivity contribution in [2.75, 3.05) is 10.6 Å². The lowest BCUT2D eigenvalue weighted by Crippen LogP contribution is -2.21. The van der Waals surface area contributed by atoms with Gasteiger partial charge < -0.3 is 5.32 Å². The molecule has 1 unspecified atom stereocenters. The Labute approximate surface area is 211 Å². The molecule has 9 heteroatoms. The van der Waals surface area contributed by atoms with E-state index in [1.807, 2.05) is 12.1 Å². The van der Waals surface area contributed by atoms with Crippen LogP contribution < -0.4 is 5.32 Å². The van der Waals surface area contributed by atoms with Crippen LogP contribution in [0.5, 0.6) is 0 Å². The van der Waals surface area contributed by atoms with Gasteiger partial charge in [-0.15, -0.1) is 6.58 Å². The van der Waals surface area contributed by atoms with Crippen LogP contribution in [-0.2, 0) is 9.84 Å². The largest absolute Gasteiger partial charge is 0.322 e. The Bertz CT molecular complexity index is 1270. The number of halogens is 3. The first-order valence-corrected chi connectivity index (χ1v) is 13.4. The van der Waals surface area contributed by atoms with E-state index in [1.54, 1.807) is 30.5 Å². The summed E-state index contributed by atoms with van der Waals surface area (Å²) in [6.45, 7) is 3.66. The standard InChI is InChI=1S/C24H21BrCl2N2O3S/c1-2-17(7-6-13-25)33(31,32)22-10-5-8-18(23(22)27)24(30)29-16-11-12-20(26)19(15-16)21-9-3-4-14-28-21/h2-5,8-12,14-15,17H,1,6-7,13H2,(H,29,30). The van der Waals surface area contributed by atoms with Crippen molar-refractivity contribution in [1.29, 1.82) is 0 Å². The second kappa shape index (κ2) is 11.3. The number of alkyl halides is 1. The minimum Gasteiger partial charge on any atom is -0.322 e. The fraction of sp³-hybridized carbons (Fsp3) is 0.167. The number of sulfone groups is 1. The van der Waals surface area contributed by atoms with Gasteiger partial charge in [0.15, 0.2) is 9.84 Å². The number of nitrogens with zero attached hydrogens (tertiary/aromatic N) is 1. The number of aromatic nitrogens is 1. The molecule has 0 aliphatic carbocycles. The summed E-state index contributed by atoms with van der Waals surface area (Å²) in [5, 5.41) is 2.99. The number of anilines is 1. The predicted octanol–water partition coefficient (Wildman–Crippen LogP) is 6.81. The third-order valence-electron chi connectivity index (χ3n) is 4.96. The van der Waals surface area contributed by atoms with Gasteiger partial charge in [-0.3, -0.25) is 9.78 Å². The first-order valence-electron chi connectivity index (χ1n) is 10.0. The smallest absolute Gasteiger partial charge is 0.257 e. The molecule has 1 atom stereocenters. The van der Waals surface area contributed by atoms with Crippen LogP contribution in [0.2, 0.25) is 10.0 Å². The van der Waals surface area contributed by atoms with Crippen LogP contribution in [0.3, 0.4) is 0 Å². The van der Waals surface area contributed by atoms with Gasteiger partial charge in [-0.05, 0) is 55.3 Å². The van der Waals surface area contributed by atoms with E-state index < -0.39 is 21.0 Å². The SMILES string of the molecule is C=CC(CCCBr)S(=O)(=O)c1cccc(C(=O)Nc2ccc(Cl)c(-c3ccccn3)c2)c1Cl. The molecule has 172 valence electrons. The Kier molecular flexibility index (Phi) is 8.70. The topological polar surface area (TPSA) is 76.1 Å². The third kappa shape index (κ3) is 5.84. The molecule has 3 rings (SSSR count). The molecule has 0 saturated heterocycles. The number of carbonyl (C=O) groups is 1. The van der Waals surface area contributed by atoms with Gasteiger partial charge in [0.25, 0.3) is 5.91 Å². The number of pyridine rings is 1. The van der Waals surface area contributed by atoms with Gasteiger partial charge in [0.1, 0.15) is 0 Å². The Morgan fingerprint density at radius 1 is 1.15 bits per heavy atom. The highest BCUT2D eigenvalue weighted by molar-refractivity contribution is 9.09. The molecule has 1 heterocycles. The number of hydrogen-bond donors (Lipinski definition) is 1. The molecule has 0 bridgehead atoms. The molecule has 33 heavy (non-hydrogen) atoms. The van der Waals surface area contributed by atoms with E-state index in [4.69, 9.17) is 23.2 Å². The van der Waals surface area contributed by atoms with Crippen molar-refractivity contribution in [3.8, 4) is 11.3 Å². The fourth-order valence-corrected chi connectivity index (χ4v) is 6.02. The van der Waals surface area contributed by atoms with Crippen molar-refractivity contribution < 1.29 is 13.2 Å². The van der Waals surface area contributed by atoms with Crippen LogP contribution in [0.25, 0.3) is 11.3 Å². The fourth-order valence-electron chi connectivity index (χ4n) is 3.27. The van der Waals surface area contributed by atoms with Gasteiger partial charge in [0.2, 0.25) is 0 Å². The van der Waals surface area contributed by atoms with E-state index in [9.17, 15) is 13.2 Å². The highest BCUT2D eigenvalue weighted by Crippen LogP contribution is 2.32. The average molecular weight is 568 g/mol. The van der Waals surface area contributed by atoms with E-state index in [0.29, 0.717) is 40.1 Å². The van der Waals surface area contributed by atoms with Gasteiger partial charge in [0, 0.05) is 22.8 Å². The number of rotatable bonds is 9. The zero-order valence-electron chi connectivity index (χ0n) is 17.5. The molecule has 0 aliphatic rings. The van der Waals surface area contributed by atoms with E-state index in [-0.39, 0.29) is 15.5 Å². The van der Waals surface area contributed by atoms with E-state index >= 15 is 0 Å². The molecule has 0 aliphatic heterocycles. The van der Waals surface area contributed by atoms with Crippen molar-refractivity contribution in [2.45, 2.75) is 23.0 Å². The van der Waals surface area contributed by atoms with E-state index in [1.165, 1.54) is 24.3 Å². The maximum atomic E-state index is 13.1. The summed E-state index contributed by atoms with van der Waals surface area (Å²) >= 11 is 16.0. The first-order chi connectivity index (χ1) is 15.8. The summed E-state index contributed by atoms with van der Waals surface area (Å²) in [4.78, 5) is 17.2. The van der Waals surface area contributed by atoms with Crippen molar-refractivity contribution >= 4 is 60.6 Å². The monoisotopic (exact) mass is 566 g/mol. The highest BCUT2D eigenvalue weighted by atomic mass is 79.9. The molecule has 0 spiro atoms. The lowest BCUT2D eigenvalue weighted by Gasteiger charge is -2.16. The summed E-state index contributed by atoms with van der Waals surface area (Å²) < 4.78 is 26.3. The number of nitrogens with one attached hydrogen (secondary N) is 1. The number of amides is 1. The maximum Gasteiger partial charge on any atom is 0.257 e. The molecular formula is C24H21BrCl2N2O3S. The second-order valence-corrected chi connectivity index (χ2v) is 10.8. The van der Waals surface area contributed by atoms with Gasteiger partial charge in [-0.25, -0.2) is 8.42 Å². The van der Waals surface area contributed by atoms with Gasteiger partial charge >= 0.3 is 0 Å². The lowest BCUT2D eigenvalue weighted by molar-refractivity contribution is 0.102. The summed E-state index contributed by atoms with van der Waals surface area (Å²) in [6, 6.07) is 14.8. The number of benzene rings is 2. The summed E-state index contributed by atoms with van der Waals surface area (Å²) in [5.41, 5.74) is 1.83. The van der Waals surface area contributed by atoms with Crippen LogP contribution >= 0.6 is 39.1 Å². The quantitative estimate of drug-likeness (QED) is 0.227. The van der Waals surface area contributed by atoms with Crippen molar-refractivity contribution in [1.82, 2.24) is 4.98 Å². The molecule has 1 aromatic heterocycles. The molecule has 0 saturated carbocycles. The highest BCUT2D eigenvalue weighted by Gasteiger charge is 2.29. The van der Waals surface area contributed by atoms with Gasteiger partial charge in [-0.1, -0.05) is 57.3 Å². The molecule has 0 fully saturated rings. The first kappa shape index (κ1) is 25.4. The van der Waals surface area contributed by atoms with E-state index in [0.717, 1.165) is 0 Å². The lowest BCUT2D eigenvalue weighted by atomic mass is 10.1. The maximum absolute atomic E-state index is 13.1. The zero-order chi connectivity index (χ0) is 24.0. The summed E-state index contributed by atoms with van der Waals surface area (Å²) in [7, 11) is -3.81. The van der Waals surface area contributed by atoms with Crippen LogP contribution in [0.15, 0.2) is 78.3 Å². The Morgan fingerprint density at radius 2 is 1.94 bits per heavy atom. The van der Waals surface area contributed by atoms with Crippen LogP contribution in [-0.4, -0.2) is 29.9 Å². The average Bonchev–Trinajstić information content (AvgIpc) is 2.81. The van der Waals surface area contributed by atoms with Gasteiger partial charge in [0.05, 0.1) is 31.4 Å². The predicted molar refractivity (Wildman–Crippen MR) is 138 cm³/mol. The number of hydrogen-bond acceptors (Lipinski definition) is 4. The molecule has 0 radical (unpaired) electrons. The summed E-state index contributed by atoms with van der Waals surface area (Å²) in [5.74, 6) is -0.540. The minimum absolute atomic E-state index is 0.0513. The molecule has 5 nitrogen and oxygen atoms in total. The van der Waals surface area contributed by atoms with Crippen molar-refractivity contribution in [3.05, 3.63) is 89.1 Å². The third-order valence-corrected chi connectivity index (χ3v) is 8.55. The van der Waals surface area contributed by atoms with E-state index in [2.05, 4.69) is 32.8 Å². The van der Waals surface area contributed by atoms with Crippen LogP contribution in [0.4, 0.5) is 5.69 Å². The Morgan fingerprint density at radius 3 is 2.61 bits per heavy atom. The van der Waals surface area contributed by atoms with Crippen LogP contribution in [0.1, 0.15) is 23.2 Å². The summed E-state index contributed by atoms with van der Waals surface area (Å²) in [6.07, 6.45) is 4.10. The van der Waals surface area contributed by atoms with Crippen LogP contribution in [0, 0.1) is 0 Å². The molecule has 1 amide bonds. The minimum atomic E-state index is -3.81. The second-order valence-electron chi connectivity index (χ2n) is 7.13. The normalized spacial score (nSPS) is 12.2. The molecule has 2 aromatic carbocycles. The Balaban J connectivity index is 1.91. The van der Waals surface area contributed by atoms with Crippen molar-refractivity contribution in [2.24, 2.45) is 0 Å². The van der Waals surface area contributed by atoms with Crippen molar-refractivity contribution in [3.63, 3.8) is 0 Å². The molecule has 1 N–H and O–H groups in total. The zero-order valence-corrected chi connectivity index (χ0v) is 21.4. The van der Waals surface area contributed by atoms with Gasteiger partial charge in [-0.2, -0.15) is 0 Å². The molecular weight excluding hydrogens is 547 g/mol.